The second kappa shape index (κ2) is 10.2. The van der Waals surface area contributed by atoms with Crippen LogP contribution >= 0.6 is 11.8 Å². The first-order chi connectivity index (χ1) is 18.9. The summed E-state index contributed by atoms with van der Waals surface area (Å²) in [7, 11) is -4.07. The molecule has 0 bridgehead atoms. The van der Waals surface area contributed by atoms with Gasteiger partial charge in [-0.1, -0.05) is 91.0 Å². The second-order valence-electron chi connectivity index (χ2n) is 9.35. The van der Waals surface area contributed by atoms with Crippen molar-refractivity contribution in [3.8, 4) is 11.1 Å². The van der Waals surface area contributed by atoms with Gasteiger partial charge in [0.2, 0.25) is 0 Å². The first-order valence-corrected chi connectivity index (χ1v) is 14.9. The number of pyridine rings is 1. The number of fused-ring (bicyclic) bond motifs is 2. The van der Waals surface area contributed by atoms with Gasteiger partial charge < -0.3 is 0 Å². The number of aromatic nitrogens is 1. The lowest BCUT2D eigenvalue weighted by molar-refractivity contribution is -0.122. The number of nitrogens with zero attached hydrogens (tertiary/aromatic N) is 1. The zero-order valence-electron chi connectivity index (χ0n) is 20.8. The molecule has 1 atom stereocenters. The molecule has 0 radical (unpaired) electrons. The van der Waals surface area contributed by atoms with E-state index in [1.807, 2.05) is 48.5 Å². The first kappa shape index (κ1) is 25.2. The maximum absolute atomic E-state index is 13.5. The Morgan fingerprint density at radius 3 is 2.28 bits per heavy atom. The van der Waals surface area contributed by atoms with Gasteiger partial charge in [-0.3, -0.25) is 14.2 Å². The van der Waals surface area contributed by atoms with E-state index in [9.17, 15) is 18.0 Å². The van der Waals surface area contributed by atoms with Crippen molar-refractivity contribution < 1.29 is 13.2 Å². The van der Waals surface area contributed by atoms with Gasteiger partial charge in [-0.15, -0.1) is 11.8 Å². The minimum Gasteiger partial charge on any atom is -0.289 e. The Labute approximate surface area is 230 Å². The maximum Gasteiger partial charge on any atom is 0.264 e. The number of rotatable bonds is 6. The third-order valence-corrected chi connectivity index (χ3v) is 9.41. The van der Waals surface area contributed by atoms with Gasteiger partial charge in [-0.05, 0) is 46.0 Å². The van der Waals surface area contributed by atoms with Gasteiger partial charge in [0.15, 0.2) is 0 Å². The quantitative estimate of drug-likeness (QED) is 0.304. The molecular weight excluding hydrogens is 528 g/mol. The molecule has 39 heavy (non-hydrogen) atoms. The summed E-state index contributed by atoms with van der Waals surface area (Å²) in [5.41, 5.74) is 3.44. The number of sulfonamides is 1. The minimum atomic E-state index is -4.07. The average Bonchev–Trinajstić information content (AvgIpc) is 3.40. The van der Waals surface area contributed by atoms with Crippen molar-refractivity contribution >= 4 is 38.5 Å². The normalized spacial score (nSPS) is 14.7. The molecule has 0 saturated heterocycles. The van der Waals surface area contributed by atoms with E-state index in [1.165, 1.54) is 28.5 Å². The summed E-state index contributed by atoms with van der Waals surface area (Å²) in [6.07, 6.45) is 0.536. The smallest absolute Gasteiger partial charge is 0.264 e. The number of thioether (sulfide) groups is 1. The molecule has 1 amide bonds. The largest absolute Gasteiger partial charge is 0.289 e. The molecule has 1 aliphatic rings. The molecule has 194 valence electrons. The fraction of sp³-hybridized carbons (Fsp3) is 0.0968. The molecule has 6 nitrogen and oxygen atoms in total. The van der Waals surface area contributed by atoms with Crippen LogP contribution in [0.4, 0.5) is 0 Å². The van der Waals surface area contributed by atoms with Crippen molar-refractivity contribution in [2.24, 2.45) is 0 Å². The molecule has 0 saturated carbocycles. The van der Waals surface area contributed by atoms with Crippen LogP contribution in [0.3, 0.4) is 0 Å². The van der Waals surface area contributed by atoms with E-state index in [2.05, 4.69) is 29.0 Å². The fourth-order valence-corrected chi connectivity index (χ4v) is 7.47. The molecule has 1 aliphatic heterocycles. The number of amides is 1. The van der Waals surface area contributed by atoms with Gasteiger partial charge >= 0.3 is 0 Å². The van der Waals surface area contributed by atoms with Crippen LogP contribution < -0.4 is 10.3 Å². The number of hydrogen-bond donors (Lipinski definition) is 1. The van der Waals surface area contributed by atoms with E-state index < -0.39 is 22.0 Å². The topological polar surface area (TPSA) is 85.2 Å². The highest BCUT2D eigenvalue weighted by Gasteiger charge is 2.35. The predicted octanol–water partition coefficient (Wildman–Crippen LogP) is 5.41. The highest BCUT2D eigenvalue weighted by atomic mass is 32.2. The Balaban J connectivity index is 1.44. The van der Waals surface area contributed by atoms with Crippen molar-refractivity contribution in [2.75, 3.05) is 5.75 Å². The Morgan fingerprint density at radius 1 is 0.846 bits per heavy atom. The number of benzene rings is 4. The average molecular weight is 553 g/mol. The molecule has 8 heteroatoms. The van der Waals surface area contributed by atoms with Crippen molar-refractivity contribution in [2.45, 2.75) is 22.4 Å². The SMILES string of the molecule is O=C(NS(=O)(=O)c1ccccc1)[C@@H]1CSc2c(-c3ccccc3)c(Cc3cccc4ccccc34)cc(=O)n21. The van der Waals surface area contributed by atoms with Gasteiger partial charge in [0.1, 0.15) is 6.04 Å². The summed E-state index contributed by atoms with van der Waals surface area (Å²) in [6, 6.07) is 32.5. The Kier molecular flexibility index (Phi) is 6.58. The zero-order chi connectivity index (χ0) is 27.0. The van der Waals surface area contributed by atoms with Crippen LogP contribution in [-0.2, 0) is 21.2 Å². The summed E-state index contributed by atoms with van der Waals surface area (Å²) < 4.78 is 29.3. The highest BCUT2D eigenvalue weighted by molar-refractivity contribution is 7.99. The molecular formula is C31H24N2O4S2. The molecule has 0 aliphatic carbocycles. The number of carbonyl (C=O) groups is 1. The van der Waals surface area contributed by atoms with Gasteiger partial charge in [-0.2, -0.15) is 0 Å². The summed E-state index contributed by atoms with van der Waals surface area (Å²) in [5.74, 6) is -0.476. The minimum absolute atomic E-state index is 0.00743. The third kappa shape index (κ3) is 4.77. The summed E-state index contributed by atoms with van der Waals surface area (Å²) in [4.78, 5) is 26.8. The number of nitrogens with one attached hydrogen (secondary N) is 1. The molecule has 0 spiro atoms. The molecule has 6 rings (SSSR count). The standard InChI is InChI=1S/C31H24N2O4S2/c34-28-19-24(18-23-14-9-13-21-10-7-8-17-26(21)23)29(22-11-3-1-4-12-22)31-33(28)27(20-38-31)30(35)32-39(36,37)25-15-5-2-6-16-25/h1-17,19,27H,18,20H2,(H,32,35)/t27-/m0/s1. The van der Waals surface area contributed by atoms with E-state index in [0.717, 1.165) is 33.0 Å². The van der Waals surface area contributed by atoms with Crippen molar-refractivity contribution in [1.29, 1.82) is 0 Å². The fourth-order valence-electron chi connectivity index (χ4n) is 5.07. The lowest BCUT2D eigenvalue weighted by Crippen LogP contribution is -2.39. The van der Waals surface area contributed by atoms with E-state index in [-0.39, 0.29) is 16.2 Å². The monoisotopic (exact) mass is 552 g/mol. The second-order valence-corrected chi connectivity index (χ2v) is 12.0. The van der Waals surface area contributed by atoms with Crippen LogP contribution in [-0.4, -0.2) is 24.6 Å². The van der Waals surface area contributed by atoms with Crippen LogP contribution in [0.25, 0.3) is 21.9 Å². The Morgan fingerprint density at radius 2 is 1.51 bits per heavy atom. The Bertz CT molecular complexity index is 1860. The van der Waals surface area contributed by atoms with Gasteiger partial charge in [0.05, 0.1) is 9.92 Å². The van der Waals surface area contributed by atoms with E-state index in [1.54, 1.807) is 24.3 Å². The summed E-state index contributed by atoms with van der Waals surface area (Å²) in [5, 5.41) is 2.91. The van der Waals surface area contributed by atoms with Crippen LogP contribution in [0, 0.1) is 0 Å². The van der Waals surface area contributed by atoms with Crippen molar-refractivity contribution in [3.05, 3.63) is 131 Å². The third-order valence-electron chi connectivity index (χ3n) is 6.89. The lowest BCUT2D eigenvalue weighted by atomic mass is 9.93. The van der Waals surface area contributed by atoms with Crippen molar-refractivity contribution in [1.82, 2.24) is 9.29 Å². The molecule has 5 aromatic rings. The Hall–Kier alpha value is -4.14. The molecule has 1 N–H and O–H groups in total. The predicted molar refractivity (Wildman–Crippen MR) is 154 cm³/mol. The van der Waals surface area contributed by atoms with Crippen LogP contribution in [0.1, 0.15) is 17.2 Å². The lowest BCUT2D eigenvalue weighted by Gasteiger charge is -2.19. The highest BCUT2D eigenvalue weighted by Crippen LogP contribution is 2.41. The van der Waals surface area contributed by atoms with Gasteiger partial charge in [0.25, 0.3) is 21.5 Å². The first-order valence-electron chi connectivity index (χ1n) is 12.5. The van der Waals surface area contributed by atoms with Crippen LogP contribution in [0.2, 0.25) is 0 Å². The molecule has 0 fully saturated rings. The number of hydrogen-bond acceptors (Lipinski definition) is 5. The van der Waals surface area contributed by atoms with Crippen molar-refractivity contribution in [3.63, 3.8) is 0 Å². The molecule has 4 aromatic carbocycles. The molecule has 1 aromatic heterocycles. The summed E-state index contributed by atoms with van der Waals surface area (Å²) in [6.45, 7) is 0. The molecule has 2 heterocycles. The van der Waals surface area contributed by atoms with E-state index in [0.29, 0.717) is 11.4 Å². The van der Waals surface area contributed by atoms with Crippen LogP contribution in [0.5, 0.6) is 0 Å². The number of carbonyl (C=O) groups excluding carboxylic acids is 1. The van der Waals surface area contributed by atoms with Gasteiger partial charge in [0, 0.05) is 17.4 Å². The van der Waals surface area contributed by atoms with Gasteiger partial charge in [-0.25, -0.2) is 13.1 Å². The maximum atomic E-state index is 13.5. The van der Waals surface area contributed by atoms with E-state index >= 15 is 0 Å². The molecule has 0 unspecified atom stereocenters. The van der Waals surface area contributed by atoms with E-state index in [4.69, 9.17) is 0 Å². The van der Waals surface area contributed by atoms with Crippen LogP contribution in [0.15, 0.2) is 124 Å². The zero-order valence-corrected chi connectivity index (χ0v) is 22.4. The summed E-state index contributed by atoms with van der Waals surface area (Å²) >= 11 is 1.40.